The maximum Gasteiger partial charge on any atom is 0.294 e. The second kappa shape index (κ2) is 10.2. The molecule has 35 heavy (non-hydrogen) atoms. The average Bonchev–Trinajstić information content (AvgIpc) is 3.10. The number of anilines is 1. The Balaban J connectivity index is 1.85. The molecule has 0 radical (unpaired) electrons. The van der Waals surface area contributed by atoms with E-state index in [0.29, 0.717) is 18.8 Å². The van der Waals surface area contributed by atoms with Gasteiger partial charge in [0.2, 0.25) is 10.0 Å². The van der Waals surface area contributed by atoms with Gasteiger partial charge in [-0.1, -0.05) is 13.8 Å². The highest BCUT2D eigenvalue weighted by atomic mass is 32.2. The minimum atomic E-state index is -4.37. The lowest BCUT2D eigenvalue weighted by molar-refractivity contribution is -0.117. The van der Waals surface area contributed by atoms with Gasteiger partial charge in [0.1, 0.15) is 11.4 Å². The highest BCUT2D eigenvalue weighted by Gasteiger charge is 2.35. The van der Waals surface area contributed by atoms with Crippen molar-refractivity contribution in [1.82, 2.24) is 4.31 Å². The second-order valence-corrected chi connectivity index (χ2v) is 10.8. The molecule has 1 atom stereocenters. The molecule has 0 saturated heterocycles. The molecule has 1 aliphatic heterocycles. The summed E-state index contributed by atoms with van der Waals surface area (Å²) in [5, 5.41) is 13.4. The van der Waals surface area contributed by atoms with Gasteiger partial charge in [-0.05, 0) is 43.3 Å². The van der Waals surface area contributed by atoms with E-state index in [2.05, 4.69) is 15.3 Å². The van der Waals surface area contributed by atoms with E-state index >= 15 is 0 Å². The molecule has 2 aromatic rings. The Bertz CT molecular complexity index is 1380. The van der Waals surface area contributed by atoms with Gasteiger partial charge in [0.05, 0.1) is 28.3 Å². The summed E-state index contributed by atoms with van der Waals surface area (Å²) in [6.45, 7) is 5.72. The molecule has 12 nitrogen and oxygen atoms in total. The average molecular weight is 524 g/mol. The minimum Gasteiger partial charge on any atom is -0.494 e. The first-order valence-electron chi connectivity index (χ1n) is 10.5. The predicted molar refractivity (Wildman–Crippen MR) is 128 cm³/mol. The van der Waals surface area contributed by atoms with Crippen LogP contribution < -0.4 is 9.75 Å². The number of rotatable bonds is 9. The van der Waals surface area contributed by atoms with Crippen molar-refractivity contribution in [2.75, 3.05) is 25.2 Å². The normalized spacial score (nSPS) is 16.9. The highest BCUT2D eigenvalue weighted by Crippen LogP contribution is 2.32. The minimum absolute atomic E-state index is 0.0474. The van der Waals surface area contributed by atoms with Gasteiger partial charge in [0.15, 0.2) is 6.04 Å². The summed E-state index contributed by atoms with van der Waals surface area (Å²) in [4.78, 5) is 12.6. The molecule has 2 aromatic carbocycles. The Morgan fingerprint density at radius 3 is 2.20 bits per heavy atom. The van der Waals surface area contributed by atoms with Crippen molar-refractivity contribution in [2.24, 2.45) is 15.3 Å². The van der Waals surface area contributed by atoms with Gasteiger partial charge in [0.25, 0.3) is 16.0 Å². The number of carbonyl (C=O) groups is 1. The molecule has 188 valence electrons. The van der Waals surface area contributed by atoms with Crippen LogP contribution in [0.25, 0.3) is 0 Å². The summed E-state index contributed by atoms with van der Waals surface area (Å²) in [5.74, 6) is -0.356. The molecule has 0 saturated carbocycles. The molecule has 0 aliphatic carbocycles. The first kappa shape index (κ1) is 26.4. The molecule has 0 spiro atoms. The van der Waals surface area contributed by atoms with Crippen molar-refractivity contribution in [3.63, 3.8) is 0 Å². The van der Waals surface area contributed by atoms with E-state index in [1.807, 2.05) is 0 Å². The summed E-state index contributed by atoms with van der Waals surface area (Å²) in [6, 6.07) is 8.10. The van der Waals surface area contributed by atoms with Crippen LogP contribution in [0.15, 0.2) is 67.6 Å². The van der Waals surface area contributed by atoms with Crippen LogP contribution >= 0.6 is 0 Å². The number of benzene rings is 2. The van der Waals surface area contributed by atoms with Gasteiger partial charge in [-0.25, -0.2) is 8.42 Å². The maximum absolute atomic E-state index is 12.9. The maximum atomic E-state index is 12.9. The smallest absolute Gasteiger partial charge is 0.294 e. The zero-order valence-electron chi connectivity index (χ0n) is 19.5. The second-order valence-electron chi connectivity index (χ2n) is 7.40. The van der Waals surface area contributed by atoms with Crippen LogP contribution in [0.2, 0.25) is 0 Å². The largest absolute Gasteiger partial charge is 0.494 e. The molecule has 3 rings (SSSR count). The molecular weight excluding hydrogens is 498 g/mol. The predicted octanol–water partition coefficient (Wildman–Crippen LogP) is 2.85. The van der Waals surface area contributed by atoms with E-state index in [-0.39, 0.29) is 26.9 Å². The van der Waals surface area contributed by atoms with Crippen LogP contribution in [-0.4, -0.2) is 63.6 Å². The number of hydrazone groups is 1. The van der Waals surface area contributed by atoms with E-state index < -0.39 is 32.1 Å². The summed E-state index contributed by atoms with van der Waals surface area (Å²) in [7, 11) is -6.70. The third kappa shape index (κ3) is 5.40. The molecule has 1 unspecified atom stereocenters. The van der Waals surface area contributed by atoms with E-state index in [1.54, 1.807) is 20.8 Å². The van der Waals surface area contributed by atoms with Crippen molar-refractivity contribution in [1.29, 1.82) is 0 Å². The van der Waals surface area contributed by atoms with E-state index in [4.69, 9.17) is 9.29 Å². The molecule has 0 fully saturated rings. The quantitative estimate of drug-likeness (QED) is 0.391. The zero-order chi connectivity index (χ0) is 26.0. The number of amides is 1. The Labute approximate surface area is 203 Å². The first-order valence-corrected chi connectivity index (χ1v) is 13.4. The molecular formula is C21H25N5O7S2. The first-order chi connectivity index (χ1) is 16.4. The number of sulfonamides is 1. The Morgan fingerprint density at radius 1 is 1.06 bits per heavy atom. The molecule has 0 aromatic heterocycles. The molecule has 1 heterocycles. The number of carbonyl (C=O) groups excluding carboxylic acids is 1. The van der Waals surface area contributed by atoms with Crippen LogP contribution in [0.1, 0.15) is 20.8 Å². The Kier molecular flexibility index (Phi) is 7.69. The van der Waals surface area contributed by atoms with Crippen LogP contribution in [0.5, 0.6) is 5.75 Å². The lowest BCUT2D eigenvalue weighted by Crippen LogP contribution is -2.30. The van der Waals surface area contributed by atoms with Crippen LogP contribution in [0.4, 0.5) is 11.4 Å². The van der Waals surface area contributed by atoms with Gasteiger partial charge in [0, 0.05) is 19.2 Å². The summed E-state index contributed by atoms with van der Waals surface area (Å²) in [5.41, 5.74) is 0.850. The van der Waals surface area contributed by atoms with Crippen LogP contribution in [-0.2, 0) is 24.9 Å². The summed E-state index contributed by atoms with van der Waals surface area (Å²) < 4.78 is 63.7. The summed E-state index contributed by atoms with van der Waals surface area (Å²) in [6.07, 6.45) is 0. The highest BCUT2D eigenvalue weighted by molar-refractivity contribution is 7.89. The molecule has 1 N–H and O–H groups in total. The van der Waals surface area contributed by atoms with Gasteiger partial charge in [-0.3, -0.25) is 9.35 Å². The number of hydrogen-bond donors (Lipinski definition) is 1. The van der Waals surface area contributed by atoms with Crippen LogP contribution in [0.3, 0.4) is 0 Å². The van der Waals surface area contributed by atoms with Crippen molar-refractivity contribution in [3.05, 3.63) is 42.5 Å². The van der Waals surface area contributed by atoms with E-state index in [0.717, 1.165) is 17.1 Å². The third-order valence-corrected chi connectivity index (χ3v) is 8.16. The van der Waals surface area contributed by atoms with Crippen molar-refractivity contribution >= 4 is 43.1 Å². The van der Waals surface area contributed by atoms with Crippen LogP contribution in [0, 0.1) is 0 Å². The lowest BCUT2D eigenvalue weighted by atomic mass is 10.2. The number of azo groups is 1. The lowest BCUT2D eigenvalue weighted by Gasteiger charge is -2.19. The van der Waals surface area contributed by atoms with Gasteiger partial charge < -0.3 is 4.74 Å². The monoisotopic (exact) mass is 523 g/mol. The topological polar surface area (TPSA) is 158 Å². The zero-order valence-corrected chi connectivity index (χ0v) is 21.1. The fourth-order valence-corrected chi connectivity index (χ4v) is 5.32. The van der Waals surface area contributed by atoms with Gasteiger partial charge >= 0.3 is 0 Å². The molecule has 1 aliphatic rings. The number of nitrogens with zero attached hydrogens (tertiary/aromatic N) is 5. The van der Waals surface area contributed by atoms with Crippen molar-refractivity contribution < 1.29 is 30.9 Å². The van der Waals surface area contributed by atoms with E-state index in [9.17, 15) is 21.6 Å². The third-order valence-electron chi connectivity index (χ3n) is 5.25. The molecule has 0 bridgehead atoms. The Hall–Kier alpha value is -3.20. The van der Waals surface area contributed by atoms with Gasteiger partial charge in [-0.15, -0.1) is 0 Å². The van der Waals surface area contributed by atoms with Crippen molar-refractivity contribution in [3.8, 4) is 5.75 Å². The number of ether oxygens (including phenoxy) is 1. The number of hydrogen-bond acceptors (Lipinski definition) is 9. The molecule has 14 heteroatoms. The van der Waals surface area contributed by atoms with E-state index in [1.165, 1.54) is 41.7 Å². The number of methoxy groups -OCH3 is 1. The fraction of sp³-hybridized carbons (Fsp3) is 0.333. The van der Waals surface area contributed by atoms with Crippen molar-refractivity contribution in [2.45, 2.75) is 36.6 Å². The summed E-state index contributed by atoms with van der Waals surface area (Å²) >= 11 is 0. The standard InChI is InChI=1S/C21H25N5O7S2/c1-5-25(6-2)34(28,29)17-11-12-18(19(13-17)33-4)22-23-20-14(3)24-26(21(20)27)15-7-9-16(10-8-15)35(30,31)32/h7-13,20H,5-6H2,1-4H3,(H,30,31,32). The fourth-order valence-electron chi connectivity index (χ4n) is 3.37. The Morgan fingerprint density at radius 2 is 1.66 bits per heavy atom. The van der Waals surface area contributed by atoms with Gasteiger partial charge in [-0.2, -0.15) is 33.1 Å². The SMILES string of the molecule is CCN(CC)S(=O)(=O)c1ccc(N=NC2C(=O)N(c3ccc(S(=O)(=O)O)cc3)N=C2C)c(OC)c1. The molecule has 1 amide bonds.